The summed E-state index contributed by atoms with van der Waals surface area (Å²) in [6, 6.07) is 14.6. The molecular weight excluding hydrogens is 390 g/mol. The molecule has 2 N–H and O–H groups in total. The second-order valence-corrected chi connectivity index (χ2v) is 7.80. The molecule has 31 heavy (non-hydrogen) atoms. The summed E-state index contributed by atoms with van der Waals surface area (Å²) in [7, 11) is 0. The van der Waals surface area contributed by atoms with E-state index in [2.05, 4.69) is 10.6 Å². The minimum atomic E-state index is -0.477. The SMILES string of the molecule is CC(=O)NC(=Cc1ccccc1C)C(=O)Nc1ccccc1C(=O)N1CCCCCC1. The lowest BCUT2D eigenvalue weighted by Gasteiger charge is -2.22. The summed E-state index contributed by atoms with van der Waals surface area (Å²) in [6.07, 6.45) is 5.89. The van der Waals surface area contributed by atoms with Crippen LogP contribution in [0.25, 0.3) is 6.08 Å². The van der Waals surface area contributed by atoms with E-state index in [-0.39, 0.29) is 17.5 Å². The number of carbonyl (C=O) groups is 3. The number of nitrogens with one attached hydrogen (secondary N) is 2. The fourth-order valence-corrected chi connectivity index (χ4v) is 3.66. The van der Waals surface area contributed by atoms with Crippen LogP contribution in [-0.2, 0) is 9.59 Å². The van der Waals surface area contributed by atoms with Gasteiger partial charge in [-0.2, -0.15) is 0 Å². The van der Waals surface area contributed by atoms with Gasteiger partial charge in [0.25, 0.3) is 11.8 Å². The number of carbonyl (C=O) groups excluding carboxylic acids is 3. The third-order valence-corrected chi connectivity index (χ3v) is 5.34. The lowest BCUT2D eigenvalue weighted by molar-refractivity contribution is -0.120. The number of amides is 3. The molecule has 3 amide bonds. The second-order valence-electron chi connectivity index (χ2n) is 7.80. The van der Waals surface area contributed by atoms with Gasteiger partial charge >= 0.3 is 0 Å². The highest BCUT2D eigenvalue weighted by molar-refractivity contribution is 6.11. The van der Waals surface area contributed by atoms with E-state index in [4.69, 9.17) is 0 Å². The molecule has 1 aliphatic heterocycles. The number of anilines is 1. The lowest BCUT2D eigenvalue weighted by atomic mass is 10.1. The zero-order valence-corrected chi connectivity index (χ0v) is 18.1. The summed E-state index contributed by atoms with van der Waals surface area (Å²) in [5.74, 6) is -0.903. The predicted octanol–water partition coefficient (Wildman–Crippen LogP) is 4.13. The molecule has 6 nitrogen and oxygen atoms in total. The number of rotatable bonds is 5. The van der Waals surface area contributed by atoms with E-state index in [1.165, 1.54) is 6.92 Å². The van der Waals surface area contributed by atoms with E-state index in [9.17, 15) is 14.4 Å². The van der Waals surface area contributed by atoms with E-state index in [1.807, 2.05) is 36.1 Å². The van der Waals surface area contributed by atoms with Gasteiger partial charge in [0, 0.05) is 20.0 Å². The van der Waals surface area contributed by atoms with Crippen molar-refractivity contribution in [3.8, 4) is 0 Å². The molecule has 2 aromatic carbocycles. The molecule has 3 rings (SSSR count). The summed E-state index contributed by atoms with van der Waals surface area (Å²) >= 11 is 0. The maximum absolute atomic E-state index is 13.1. The summed E-state index contributed by atoms with van der Waals surface area (Å²) in [4.78, 5) is 39.7. The highest BCUT2D eigenvalue weighted by Crippen LogP contribution is 2.21. The molecule has 2 aromatic rings. The molecule has 1 fully saturated rings. The summed E-state index contributed by atoms with van der Waals surface area (Å²) in [6.45, 7) is 4.75. The van der Waals surface area contributed by atoms with E-state index < -0.39 is 5.91 Å². The predicted molar refractivity (Wildman–Crippen MR) is 122 cm³/mol. The van der Waals surface area contributed by atoms with E-state index in [1.54, 1.807) is 30.3 Å². The molecular formula is C25H29N3O3. The van der Waals surface area contributed by atoms with Crippen LogP contribution in [0, 0.1) is 6.92 Å². The Bertz CT molecular complexity index is 989. The van der Waals surface area contributed by atoms with Crippen LogP contribution in [0.3, 0.4) is 0 Å². The first kappa shape index (κ1) is 22.3. The Kier molecular flexibility index (Phi) is 7.60. The number of benzene rings is 2. The van der Waals surface area contributed by atoms with E-state index in [0.29, 0.717) is 11.3 Å². The van der Waals surface area contributed by atoms with Crippen molar-refractivity contribution < 1.29 is 14.4 Å². The number of hydrogen-bond acceptors (Lipinski definition) is 3. The van der Waals surface area contributed by atoms with Crippen LogP contribution in [0.1, 0.15) is 54.1 Å². The molecule has 0 radical (unpaired) electrons. The Hall–Kier alpha value is -3.41. The van der Waals surface area contributed by atoms with Gasteiger partial charge in [0.05, 0.1) is 11.3 Å². The van der Waals surface area contributed by atoms with Crippen molar-refractivity contribution in [3.05, 3.63) is 70.9 Å². The van der Waals surface area contributed by atoms with Crippen LogP contribution in [0.5, 0.6) is 0 Å². The van der Waals surface area contributed by atoms with Crippen LogP contribution in [0.2, 0.25) is 0 Å². The smallest absolute Gasteiger partial charge is 0.272 e. The fraction of sp³-hybridized carbons (Fsp3) is 0.320. The fourth-order valence-electron chi connectivity index (χ4n) is 3.66. The zero-order valence-electron chi connectivity index (χ0n) is 18.1. The van der Waals surface area contributed by atoms with Crippen molar-refractivity contribution in [1.29, 1.82) is 0 Å². The Morgan fingerprint density at radius 1 is 0.903 bits per heavy atom. The van der Waals surface area contributed by atoms with Gasteiger partial charge in [0.2, 0.25) is 5.91 Å². The molecule has 0 atom stereocenters. The van der Waals surface area contributed by atoms with Gasteiger partial charge in [0.1, 0.15) is 5.70 Å². The Morgan fingerprint density at radius 3 is 2.23 bits per heavy atom. The number of aryl methyl sites for hydroxylation is 1. The number of nitrogens with zero attached hydrogens (tertiary/aromatic N) is 1. The molecule has 1 heterocycles. The quantitative estimate of drug-likeness (QED) is 0.716. The highest BCUT2D eigenvalue weighted by atomic mass is 16.2. The topological polar surface area (TPSA) is 78.5 Å². The molecule has 1 aliphatic rings. The first-order valence-corrected chi connectivity index (χ1v) is 10.7. The van der Waals surface area contributed by atoms with Crippen LogP contribution in [0.15, 0.2) is 54.2 Å². The van der Waals surface area contributed by atoms with Crippen LogP contribution < -0.4 is 10.6 Å². The van der Waals surface area contributed by atoms with Gasteiger partial charge in [-0.25, -0.2) is 0 Å². The maximum Gasteiger partial charge on any atom is 0.272 e. The van der Waals surface area contributed by atoms with Gasteiger partial charge in [-0.1, -0.05) is 49.2 Å². The third-order valence-electron chi connectivity index (χ3n) is 5.34. The normalized spacial score (nSPS) is 14.5. The molecule has 0 aromatic heterocycles. The number of likely N-dealkylation sites (tertiary alicyclic amines) is 1. The molecule has 0 unspecified atom stereocenters. The van der Waals surface area contributed by atoms with Gasteiger partial charge in [-0.05, 0) is 49.1 Å². The Morgan fingerprint density at radius 2 is 1.55 bits per heavy atom. The average molecular weight is 420 g/mol. The highest BCUT2D eigenvalue weighted by Gasteiger charge is 2.21. The lowest BCUT2D eigenvalue weighted by Crippen LogP contribution is -2.33. The van der Waals surface area contributed by atoms with Crippen molar-refractivity contribution in [1.82, 2.24) is 10.2 Å². The third kappa shape index (κ3) is 6.04. The van der Waals surface area contributed by atoms with Gasteiger partial charge in [0.15, 0.2) is 0 Å². The first-order valence-electron chi connectivity index (χ1n) is 10.7. The van der Waals surface area contributed by atoms with Crippen LogP contribution >= 0.6 is 0 Å². The largest absolute Gasteiger partial charge is 0.339 e. The molecule has 162 valence electrons. The van der Waals surface area contributed by atoms with Crippen molar-refractivity contribution in [3.63, 3.8) is 0 Å². The molecule has 0 aliphatic carbocycles. The minimum absolute atomic E-state index is 0.0817. The van der Waals surface area contributed by atoms with E-state index >= 15 is 0 Å². The number of hydrogen-bond donors (Lipinski definition) is 2. The van der Waals surface area contributed by atoms with Crippen molar-refractivity contribution in [2.24, 2.45) is 0 Å². The summed E-state index contributed by atoms with van der Waals surface area (Å²) < 4.78 is 0. The monoisotopic (exact) mass is 419 g/mol. The standard InChI is InChI=1S/C25H29N3O3/c1-18-11-5-6-12-20(18)17-23(26-19(2)29)24(30)27-22-14-8-7-13-21(22)25(31)28-15-9-3-4-10-16-28/h5-8,11-14,17H,3-4,9-10,15-16H2,1-2H3,(H,26,29)(H,27,30). The van der Waals surface area contributed by atoms with Gasteiger partial charge in [-0.15, -0.1) is 0 Å². The average Bonchev–Trinajstić information content (AvgIpc) is 3.04. The molecule has 6 heteroatoms. The maximum atomic E-state index is 13.1. The van der Waals surface area contributed by atoms with Crippen molar-refractivity contribution in [2.45, 2.75) is 39.5 Å². The van der Waals surface area contributed by atoms with Gasteiger partial charge in [-0.3, -0.25) is 14.4 Å². The Labute approximate surface area is 183 Å². The summed E-state index contributed by atoms with van der Waals surface area (Å²) in [5.41, 5.74) is 2.82. The van der Waals surface area contributed by atoms with Gasteiger partial charge < -0.3 is 15.5 Å². The van der Waals surface area contributed by atoms with Crippen LogP contribution in [0.4, 0.5) is 5.69 Å². The van der Waals surface area contributed by atoms with Crippen molar-refractivity contribution in [2.75, 3.05) is 18.4 Å². The summed E-state index contributed by atoms with van der Waals surface area (Å²) in [5, 5.41) is 5.43. The first-order chi connectivity index (χ1) is 15.0. The van der Waals surface area contributed by atoms with E-state index in [0.717, 1.165) is 49.9 Å². The molecule has 1 saturated heterocycles. The van der Waals surface area contributed by atoms with Crippen LogP contribution in [-0.4, -0.2) is 35.7 Å². The Balaban J connectivity index is 1.86. The minimum Gasteiger partial charge on any atom is -0.339 e. The molecule has 0 saturated carbocycles. The van der Waals surface area contributed by atoms with Crippen molar-refractivity contribution >= 4 is 29.5 Å². The zero-order chi connectivity index (χ0) is 22.2. The molecule has 0 bridgehead atoms. The number of para-hydroxylation sites is 1. The molecule has 0 spiro atoms. The second kappa shape index (κ2) is 10.6.